The van der Waals surface area contributed by atoms with Crippen LogP contribution in [0.15, 0.2) is 24.3 Å². The van der Waals surface area contributed by atoms with Gasteiger partial charge < -0.3 is 15.0 Å². The first-order valence-corrected chi connectivity index (χ1v) is 11.1. The second-order valence-corrected chi connectivity index (χ2v) is 8.65. The van der Waals surface area contributed by atoms with Crippen LogP contribution >= 0.6 is 0 Å². The molecular weight excluding hydrogens is 366 g/mol. The molecule has 4 rings (SSSR count). The molecule has 29 heavy (non-hydrogen) atoms. The number of likely N-dealkylation sites (tertiary alicyclic amines) is 2. The van der Waals surface area contributed by atoms with Crippen molar-refractivity contribution in [3.8, 4) is 5.75 Å². The van der Waals surface area contributed by atoms with Crippen molar-refractivity contribution in [1.29, 1.82) is 0 Å². The third kappa shape index (κ3) is 4.92. The van der Waals surface area contributed by atoms with Crippen molar-refractivity contribution < 1.29 is 14.3 Å². The largest absolute Gasteiger partial charge is 0.497 e. The van der Waals surface area contributed by atoms with Gasteiger partial charge in [-0.15, -0.1) is 0 Å². The van der Waals surface area contributed by atoms with Crippen molar-refractivity contribution in [1.82, 2.24) is 15.1 Å². The van der Waals surface area contributed by atoms with Gasteiger partial charge in [0.25, 0.3) is 0 Å². The highest BCUT2D eigenvalue weighted by Gasteiger charge is 2.36. The van der Waals surface area contributed by atoms with Crippen LogP contribution in [0.2, 0.25) is 0 Å². The summed E-state index contributed by atoms with van der Waals surface area (Å²) < 4.78 is 5.40. The fourth-order valence-corrected chi connectivity index (χ4v) is 4.65. The van der Waals surface area contributed by atoms with Crippen molar-refractivity contribution in [3.05, 3.63) is 29.8 Å². The molecule has 158 valence electrons. The monoisotopic (exact) mass is 399 g/mol. The van der Waals surface area contributed by atoms with Crippen molar-refractivity contribution in [2.45, 2.75) is 44.6 Å². The Morgan fingerprint density at radius 3 is 2.45 bits per heavy atom. The highest BCUT2D eigenvalue weighted by molar-refractivity contribution is 5.82. The SMILES string of the molecule is COc1cccc([C@H](CNC(=O)C2CCN(C(=O)C3CC3)CC2)N2CCCC2)c1. The van der Waals surface area contributed by atoms with E-state index in [1.54, 1.807) is 7.11 Å². The molecule has 0 unspecified atom stereocenters. The highest BCUT2D eigenvalue weighted by atomic mass is 16.5. The van der Waals surface area contributed by atoms with E-state index in [1.165, 1.54) is 18.4 Å². The molecule has 0 aromatic heterocycles. The number of nitrogens with zero attached hydrogens (tertiary/aromatic N) is 2. The molecule has 1 aliphatic carbocycles. The number of benzene rings is 1. The maximum Gasteiger partial charge on any atom is 0.225 e. The van der Waals surface area contributed by atoms with Crippen LogP contribution in [-0.2, 0) is 9.59 Å². The third-order valence-electron chi connectivity index (χ3n) is 6.63. The predicted molar refractivity (Wildman–Crippen MR) is 112 cm³/mol. The minimum atomic E-state index is 0.0165. The van der Waals surface area contributed by atoms with Crippen molar-refractivity contribution >= 4 is 11.8 Å². The van der Waals surface area contributed by atoms with Crippen molar-refractivity contribution in [2.24, 2.45) is 11.8 Å². The van der Waals surface area contributed by atoms with Crippen molar-refractivity contribution in [2.75, 3.05) is 39.8 Å². The smallest absolute Gasteiger partial charge is 0.225 e. The molecule has 1 N–H and O–H groups in total. The topological polar surface area (TPSA) is 61.9 Å². The number of methoxy groups -OCH3 is 1. The standard InChI is InChI=1S/C23H33N3O3/c1-29-20-6-4-5-19(15-20)21(25-11-2-3-12-25)16-24-22(27)17-9-13-26(14-10-17)23(28)18-7-8-18/h4-6,15,17-18,21H,2-3,7-14,16H2,1H3,(H,24,27)/t21-/m0/s1. The Bertz CT molecular complexity index is 720. The molecule has 2 heterocycles. The number of amides is 2. The van der Waals surface area contributed by atoms with E-state index in [0.717, 1.165) is 57.6 Å². The highest BCUT2D eigenvalue weighted by Crippen LogP contribution is 2.32. The lowest BCUT2D eigenvalue weighted by molar-refractivity contribution is -0.136. The maximum atomic E-state index is 12.8. The third-order valence-corrected chi connectivity index (χ3v) is 6.63. The Balaban J connectivity index is 1.33. The predicted octanol–water partition coefficient (Wildman–Crippen LogP) is 2.60. The molecule has 2 amide bonds. The normalized spacial score (nSPS) is 21.8. The van der Waals surface area contributed by atoms with Crippen LogP contribution in [0.5, 0.6) is 5.75 Å². The summed E-state index contributed by atoms with van der Waals surface area (Å²) in [4.78, 5) is 29.5. The number of rotatable bonds is 7. The second-order valence-electron chi connectivity index (χ2n) is 8.65. The zero-order valence-corrected chi connectivity index (χ0v) is 17.4. The van der Waals surface area contributed by atoms with E-state index in [0.29, 0.717) is 12.5 Å². The maximum absolute atomic E-state index is 12.8. The van der Waals surface area contributed by atoms with E-state index in [1.807, 2.05) is 17.0 Å². The van der Waals surface area contributed by atoms with Crippen molar-refractivity contribution in [3.63, 3.8) is 0 Å². The molecule has 0 bridgehead atoms. The van der Waals surface area contributed by atoms with Crippen LogP contribution in [0.3, 0.4) is 0 Å². The van der Waals surface area contributed by atoms with Crippen LogP contribution in [0.25, 0.3) is 0 Å². The number of ether oxygens (including phenoxy) is 1. The van der Waals surface area contributed by atoms with E-state index in [-0.39, 0.29) is 23.8 Å². The number of carbonyl (C=O) groups is 2. The summed E-state index contributed by atoms with van der Waals surface area (Å²) in [6, 6.07) is 8.36. The quantitative estimate of drug-likeness (QED) is 0.766. The lowest BCUT2D eigenvalue weighted by Gasteiger charge is -2.33. The first kappa shape index (κ1) is 20.2. The van der Waals surface area contributed by atoms with Gasteiger partial charge in [0.1, 0.15) is 5.75 Å². The summed E-state index contributed by atoms with van der Waals surface area (Å²) in [6.07, 6.45) is 6.06. The molecule has 1 aromatic carbocycles. The minimum absolute atomic E-state index is 0.0165. The van der Waals surface area contributed by atoms with E-state index >= 15 is 0 Å². The van der Waals surface area contributed by atoms with Crippen LogP contribution in [-0.4, -0.2) is 61.4 Å². The van der Waals surface area contributed by atoms with Gasteiger partial charge in [-0.1, -0.05) is 12.1 Å². The Kier molecular flexibility index (Phi) is 6.38. The molecule has 1 aromatic rings. The average molecular weight is 400 g/mol. The second kappa shape index (κ2) is 9.16. The molecule has 2 aliphatic heterocycles. The molecule has 1 atom stereocenters. The first-order chi connectivity index (χ1) is 14.2. The molecule has 0 spiro atoms. The van der Waals surface area contributed by atoms with Gasteiger partial charge in [-0.2, -0.15) is 0 Å². The molecule has 1 saturated carbocycles. The summed E-state index contributed by atoms with van der Waals surface area (Å²) in [5, 5.41) is 3.22. The zero-order valence-electron chi connectivity index (χ0n) is 17.4. The van der Waals surface area contributed by atoms with Gasteiger partial charge in [-0.3, -0.25) is 14.5 Å². The summed E-state index contributed by atoms with van der Waals surface area (Å²) in [5.41, 5.74) is 1.19. The van der Waals surface area contributed by atoms with Gasteiger partial charge in [0.05, 0.1) is 13.2 Å². The Labute approximate surface area is 173 Å². The Hall–Kier alpha value is -2.08. The van der Waals surface area contributed by atoms with E-state index < -0.39 is 0 Å². The van der Waals surface area contributed by atoms with Gasteiger partial charge in [-0.25, -0.2) is 0 Å². The number of piperidine rings is 1. The zero-order chi connectivity index (χ0) is 20.2. The van der Waals surface area contributed by atoms with Crippen LogP contribution in [0.1, 0.15) is 50.1 Å². The molecule has 3 fully saturated rings. The number of hydrogen-bond donors (Lipinski definition) is 1. The Morgan fingerprint density at radius 2 is 1.79 bits per heavy atom. The fourth-order valence-electron chi connectivity index (χ4n) is 4.65. The summed E-state index contributed by atoms with van der Waals surface area (Å²) in [5.74, 6) is 1.57. The number of hydrogen-bond acceptors (Lipinski definition) is 4. The van der Waals surface area contributed by atoms with Gasteiger partial charge in [0, 0.05) is 31.5 Å². The number of nitrogens with one attached hydrogen (secondary N) is 1. The molecule has 6 heteroatoms. The Morgan fingerprint density at radius 1 is 1.07 bits per heavy atom. The molecule has 0 radical (unpaired) electrons. The lowest BCUT2D eigenvalue weighted by Crippen LogP contribution is -2.45. The van der Waals surface area contributed by atoms with Crippen LogP contribution in [0, 0.1) is 11.8 Å². The van der Waals surface area contributed by atoms with Gasteiger partial charge in [0.15, 0.2) is 0 Å². The summed E-state index contributed by atoms with van der Waals surface area (Å²) in [6.45, 7) is 4.20. The fraction of sp³-hybridized carbons (Fsp3) is 0.652. The first-order valence-electron chi connectivity index (χ1n) is 11.1. The van der Waals surface area contributed by atoms with Gasteiger partial charge in [-0.05, 0) is 69.3 Å². The summed E-state index contributed by atoms with van der Waals surface area (Å²) >= 11 is 0. The molecule has 2 saturated heterocycles. The van der Waals surface area contributed by atoms with Gasteiger partial charge >= 0.3 is 0 Å². The van der Waals surface area contributed by atoms with E-state index in [4.69, 9.17) is 4.74 Å². The lowest BCUT2D eigenvalue weighted by atomic mass is 9.95. The van der Waals surface area contributed by atoms with Gasteiger partial charge in [0.2, 0.25) is 11.8 Å². The van der Waals surface area contributed by atoms with E-state index in [2.05, 4.69) is 22.3 Å². The minimum Gasteiger partial charge on any atom is -0.497 e. The molecule has 3 aliphatic rings. The van der Waals surface area contributed by atoms with E-state index in [9.17, 15) is 9.59 Å². The summed E-state index contributed by atoms with van der Waals surface area (Å²) in [7, 11) is 1.69. The van der Waals surface area contributed by atoms with Crippen LogP contribution in [0.4, 0.5) is 0 Å². The molecule has 6 nitrogen and oxygen atoms in total. The average Bonchev–Trinajstić information content (AvgIpc) is 3.48. The van der Waals surface area contributed by atoms with Crippen LogP contribution < -0.4 is 10.1 Å². The molecular formula is C23H33N3O3. The number of carbonyl (C=O) groups excluding carboxylic acids is 2.